The highest BCUT2D eigenvalue weighted by Gasteiger charge is 2.19. The van der Waals surface area contributed by atoms with E-state index in [-0.39, 0.29) is 11.8 Å². The molecule has 0 bridgehead atoms. The lowest BCUT2D eigenvalue weighted by Gasteiger charge is -2.32. The van der Waals surface area contributed by atoms with Crippen LogP contribution in [0.4, 0.5) is 0 Å². The molecular weight excluding hydrogens is 176 g/mol. The van der Waals surface area contributed by atoms with Crippen LogP contribution in [0, 0.1) is 5.92 Å². The van der Waals surface area contributed by atoms with Crippen LogP contribution in [0.5, 0.6) is 0 Å². The molecule has 1 aliphatic heterocycles. The number of carbonyl (C=O) groups excluding carboxylic acids is 1. The second kappa shape index (κ2) is 5.35. The van der Waals surface area contributed by atoms with Crippen molar-refractivity contribution in [3.63, 3.8) is 0 Å². The van der Waals surface area contributed by atoms with Gasteiger partial charge >= 0.3 is 0 Å². The molecule has 1 aliphatic rings. The van der Waals surface area contributed by atoms with Crippen LogP contribution in [-0.4, -0.2) is 37.0 Å². The predicted octanol–water partition coefficient (Wildman–Crippen LogP) is 1.24. The number of nitrogens with zero attached hydrogens (tertiary/aromatic N) is 1. The molecule has 1 amide bonds. The average Bonchev–Trinajstić information content (AvgIpc) is 2.16. The molecule has 1 saturated heterocycles. The number of amides is 1. The maximum absolute atomic E-state index is 11.4. The van der Waals surface area contributed by atoms with Crippen LogP contribution in [0.1, 0.15) is 33.1 Å². The zero-order valence-electron chi connectivity index (χ0n) is 9.55. The Kier molecular flexibility index (Phi) is 4.39. The summed E-state index contributed by atoms with van der Waals surface area (Å²) < 4.78 is 0. The molecule has 0 aromatic carbocycles. The maximum atomic E-state index is 11.4. The molecule has 0 aromatic heterocycles. The molecule has 1 N–H and O–H groups in total. The molecule has 0 spiro atoms. The van der Waals surface area contributed by atoms with Gasteiger partial charge in [-0.1, -0.05) is 20.3 Å². The Balaban J connectivity index is 2.26. The molecule has 14 heavy (non-hydrogen) atoms. The van der Waals surface area contributed by atoms with Gasteiger partial charge in [-0.25, -0.2) is 0 Å². The van der Waals surface area contributed by atoms with Crippen molar-refractivity contribution >= 4 is 5.91 Å². The first-order valence-corrected chi connectivity index (χ1v) is 5.59. The highest BCUT2D eigenvalue weighted by molar-refractivity contribution is 5.77. The first-order valence-electron chi connectivity index (χ1n) is 5.59. The molecule has 1 unspecified atom stereocenters. The third kappa shape index (κ3) is 3.29. The van der Waals surface area contributed by atoms with E-state index >= 15 is 0 Å². The number of likely N-dealkylation sites (tertiary alicyclic amines) is 1. The Morgan fingerprint density at radius 2 is 2.21 bits per heavy atom. The van der Waals surface area contributed by atoms with Crippen molar-refractivity contribution in [2.75, 3.05) is 20.1 Å². The number of likely N-dealkylation sites (N-methyl/N-ethyl adjacent to an activating group) is 1. The summed E-state index contributed by atoms with van der Waals surface area (Å²) in [6.45, 7) is 5.84. The van der Waals surface area contributed by atoms with Gasteiger partial charge in [0.1, 0.15) is 0 Å². The van der Waals surface area contributed by atoms with Crippen molar-refractivity contribution < 1.29 is 4.79 Å². The zero-order chi connectivity index (χ0) is 10.6. The van der Waals surface area contributed by atoms with Crippen LogP contribution >= 0.6 is 0 Å². The Morgan fingerprint density at radius 3 is 2.79 bits per heavy atom. The van der Waals surface area contributed by atoms with Gasteiger partial charge in [-0.2, -0.15) is 0 Å². The number of carbonyl (C=O) groups is 1. The average molecular weight is 198 g/mol. The highest BCUT2D eigenvalue weighted by atomic mass is 16.1. The monoisotopic (exact) mass is 198 g/mol. The van der Waals surface area contributed by atoms with E-state index < -0.39 is 0 Å². The minimum absolute atomic E-state index is 0.101. The smallest absolute Gasteiger partial charge is 0.222 e. The van der Waals surface area contributed by atoms with Crippen LogP contribution in [0.15, 0.2) is 0 Å². The van der Waals surface area contributed by atoms with E-state index in [0.717, 1.165) is 6.54 Å². The summed E-state index contributed by atoms with van der Waals surface area (Å²) in [5.41, 5.74) is 0. The fourth-order valence-corrected chi connectivity index (χ4v) is 1.82. The Hall–Kier alpha value is -0.570. The molecule has 0 aromatic rings. The van der Waals surface area contributed by atoms with Crippen molar-refractivity contribution in [1.29, 1.82) is 0 Å². The van der Waals surface area contributed by atoms with Gasteiger partial charge in [0.2, 0.25) is 5.91 Å². The zero-order valence-corrected chi connectivity index (χ0v) is 9.55. The Morgan fingerprint density at radius 1 is 1.50 bits per heavy atom. The molecule has 1 heterocycles. The number of rotatable bonds is 3. The van der Waals surface area contributed by atoms with Crippen LogP contribution in [-0.2, 0) is 4.79 Å². The molecule has 3 heteroatoms. The summed E-state index contributed by atoms with van der Waals surface area (Å²) >= 11 is 0. The van der Waals surface area contributed by atoms with Gasteiger partial charge < -0.3 is 10.2 Å². The molecule has 0 radical (unpaired) electrons. The normalized spacial score (nSPS) is 23.9. The van der Waals surface area contributed by atoms with E-state index in [1.807, 2.05) is 13.8 Å². The SMILES string of the molecule is CC(C)C(=O)NCC1CCCCN1C. The van der Waals surface area contributed by atoms with Crippen molar-refractivity contribution in [2.24, 2.45) is 5.92 Å². The van der Waals surface area contributed by atoms with E-state index in [4.69, 9.17) is 0 Å². The summed E-state index contributed by atoms with van der Waals surface area (Å²) in [5, 5.41) is 3.00. The van der Waals surface area contributed by atoms with Gasteiger partial charge in [0.25, 0.3) is 0 Å². The van der Waals surface area contributed by atoms with E-state index in [1.54, 1.807) is 0 Å². The molecular formula is C11H22N2O. The predicted molar refractivity (Wildman–Crippen MR) is 58.1 cm³/mol. The number of hydrogen-bond acceptors (Lipinski definition) is 2. The standard InChI is InChI=1S/C11H22N2O/c1-9(2)11(14)12-8-10-6-4-5-7-13(10)3/h9-10H,4-8H2,1-3H3,(H,12,14). The third-order valence-electron chi connectivity index (χ3n) is 2.96. The van der Waals surface area contributed by atoms with Gasteiger partial charge in [-0.15, -0.1) is 0 Å². The first kappa shape index (κ1) is 11.5. The molecule has 0 aliphatic carbocycles. The van der Waals surface area contributed by atoms with E-state index in [9.17, 15) is 4.79 Å². The highest BCUT2D eigenvalue weighted by Crippen LogP contribution is 2.13. The first-order chi connectivity index (χ1) is 6.61. The molecule has 1 atom stereocenters. The van der Waals surface area contributed by atoms with Crippen molar-refractivity contribution in [1.82, 2.24) is 10.2 Å². The largest absolute Gasteiger partial charge is 0.354 e. The second-order valence-corrected chi connectivity index (χ2v) is 4.53. The van der Waals surface area contributed by atoms with Gasteiger partial charge in [0, 0.05) is 18.5 Å². The van der Waals surface area contributed by atoms with Crippen LogP contribution in [0.25, 0.3) is 0 Å². The van der Waals surface area contributed by atoms with Crippen LogP contribution < -0.4 is 5.32 Å². The van der Waals surface area contributed by atoms with E-state index in [2.05, 4.69) is 17.3 Å². The lowest BCUT2D eigenvalue weighted by molar-refractivity contribution is -0.124. The minimum atomic E-state index is 0.101. The van der Waals surface area contributed by atoms with E-state index in [1.165, 1.54) is 25.8 Å². The Bertz CT molecular complexity index is 192. The summed E-state index contributed by atoms with van der Waals surface area (Å²) in [7, 11) is 2.14. The topological polar surface area (TPSA) is 32.3 Å². The van der Waals surface area contributed by atoms with Gasteiger partial charge in [0.15, 0.2) is 0 Å². The lowest BCUT2D eigenvalue weighted by Crippen LogP contribution is -2.45. The van der Waals surface area contributed by atoms with Gasteiger partial charge in [-0.3, -0.25) is 4.79 Å². The quantitative estimate of drug-likeness (QED) is 0.740. The molecule has 1 fully saturated rings. The Labute approximate surface area is 86.9 Å². The maximum Gasteiger partial charge on any atom is 0.222 e. The lowest BCUT2D eigenvalue weighted by atomic mass is 10.0. The van der Waals surface area contributed by atoms with Crippen LogP contribution in [0.2, 0.25) is 0 Å². The fourth-order valence-electron chi connectivity index (χ4n) is 1.82. The number of piperidine rings is 1. The second-order valence-electron chi connectivity index (χ2n) is 4.53. The summed E-state index contributed by atoms with van der Waals surface area (Å²) in [5.74, 6) is 0.271. The van der Waals surface area contributed by atoms with Gasteiger partial charge in [-0.05, 0) is 26.4 Å². The van der Waals surface area contributed by atoms with Crippen molar-refractivity contribution in [3.05, 3.63) is 0 Å². The molecule has 3 nitrogen and oxygen atoms in total. The minimum Gasteiger partial charge on any atom is -0.354 e. The molecule has 0 saturated carbocycles. The molecule has 82 valence electrons. The van der Waals surface area contributed by atoms with Crippen LogP contribution in [0.3, 0.4) is 0 Å². The number of hydrogen-bond donors (Lipinski definition) is 1. The van der Waals surface area contributed by atoms with Crippen molar-refractivity contribution in [3.8, 4) is 0 Å². The number of nitrogens with one attached hydrogen (secondary N) is 1. The summed E-state index contributed by atoms with van der Waals surface area (Å²) in [6, 6.07) is 0.548. The van der Waals surface area contributed by atoms with Crippen molar-refractivity contribution in [2.45, 2.75) is 39.2 Å². The molecule has 1 rings (SSSR count). The van der Waals surface area contributed by atoms with E-state index in [0.29, 0.717) is 6.04 Å². The van der Waals surface area contributed by atoms with Gasteiger partial charge in [0.05, 0.1) is 0 Å². The third-order valence-corrected chi connectivity index (χ3v) is 2.96. The summed E-state index contributed by atoms with van der Waals surface area (Å²) in [4.78, 5) is 13.7. The fraction of sp³-hybridized carbons (Fsp3) is 0.909. The summed E-state index contributed by atoms with van der Waals surface area (Å²) in [6.07, 6.45) is 3.81.